The highest BCUT2D eigenvalue weighted by molar-refractivity contribution is 5.95. The number of carbonyl (C=O) groups excluding carboxylic acids is 1. The molecule has 0 bridgehead atoms. The standard InChI is InChI=1S/C22H22FN3O.CH2O2/c1-14-21(25-15(2)24-14)17-3-5-18(6-4-17)22(27)26-12-11-19(13-26)16-7-9-20(23)10-8-16;2-1-3/h3-10,19H,11-13H2,1-2H3,(H,24,25);1H,(H,2,3). The molecule has 1 amide bonds. The van der Waals surface area contributed by atoms with Crippen LogP contribution in [0.1, 0.15) is 39.8 Å². The van der Waals surface area contributed by atoms with E-state index in [0.717, 1.165) is 41.3 Å². The quantitative estimate of drug-likeness (QED) is 0.636. The predicted molar refractivity (Wildman–Crippen MR) is 112 cm³/mol. The van der Waals surface area contributed by atoms with Crippen molar-refractivity contribution in [3.8, 4) is 11.3 Å². The lowest BCUT2D eigenvalue weighted by Gasteiger charge is -2.17. The van der Waals surface area contributed by atoms with Crippen molar-refractivity contribution >= 4 is 12.4 Å². The second kappa shape index (κ2) is 9.35. The van der Waals surface area contributed by atoms with Gasteiger partial charge in [-0.05, 0) is 50.1 Å². The van der Waals surface area contributed by atoms with Gasteiger partial charge in [0, 0.05) is 35.8 Å². The van der Waals surface area contributed by atoms with Crippen LogP contribution >= 0.6 is 0 Å². The fraction of sp³-hybridized carbons (Fsp3) is 0.261. The lowest BCUT2D eigenvalue weighted by atomic mass is 9.98. The largest absolute Gasteiger partial charge is 0.483 e. The summed E-state index contributed by atoms with van der Waals surface area (Å²) >= 11 is 0. The lowest BCUT2D eigenvalue weighted by Crippen LogP contribution is -2.28. The normalized spacial score (nSPS) is 15.4. The molecular formula is C23H24FN3O3. The second-order valence-electron chi connectivity index (χ2n) is 7.27. The van der Waals surface area contributed by atoms with E-state index < -0.39 is 0 Å². The Bertz CT molecular complexity index is 1010. The smallest absolute Gasteiger partial charge is 0.290 e. The van der Waals surface area contributed by atoms with Crippen LogP contribution in [-0.2, 0) is 4.79 Å². The van der Waals surface area contributed by atoms with Crippen LogP contribution in [-0.4, -0.2) is 45.4 Å². The lowest BCUT2D eigenvalue weighted by molar-refractivity contribution is -0.122. The maximum absolute atomic E-state index is 13.1. The molecule has 3 aromatic rings. The van der Waals surface area contributed by atoms with Crippen LogP contribution < -0.4 is 0 Å². The fourth-order valence-electron chi connectivity index (χ4n) is 3.80. The predicted octanol–water partition coefficient (Wildman–Crippen LogP) is 4.16. The summed E-state index contributed by atoms with van der Waals surface area (Å²) in [6, 6.07) is 14.2. The van der Waals surface area contributed by atoms with Crippen LogP contribution in [0.25, 0.3) is 11.3 Å². The van der Waals surface area contributed by atoms with Crippen molar-refractivity contribution in [2.75, 3.05) is 13.1 Å². The average Bonchev–Trinajstić information content (AvgIpc) is 3.35. The second-order valence-corrected chi connectivity index (χ2v) is 7.27. The molecule has 0 radical (unpaired) electrons. The Balaban J connectivity index is 0.000000806. The maximum atomic E-state index is 13.1. The zero-order chi connectivity index (χ0) is 21.7. The first-order chi connectivity index (χ1) is 14.4. The first-order valence-electron chi connectivity index (χ1n) is 9.69. The van der Waals surface area contributed by atoms with Gasteiger partial charge in [-0.15, -0.1) is 0 Å². The van der Waals surface area contributed by atoms with Gasteiger partial charge in [0.2, 0.25) is 0 Å². The van der Waals surface area contributed by atoms with E-state index in [4.69, 9.17) is 9.90 Å². The van der Waals surface area contributed by atoms with Crippen LogP contribution in [0.4, 0.5) is 4.39 Å². The number of nitrogens with one attached hydrogen (secondary N) is 1. The molecule has 30 heavy (non-hydrogen) atoms. The molecule has 1 aliphatic heterocycles. The Hall–Kier alpha value is -3.48. The molecule has 1 fully saturated rings. The molecule has 0 saturated carbocycles. The number of hydrogen-bond donors (Lipinski definition) is 2. The van der Waals surface area contributed by atoms with Crippen molar-refractivity contribution < 1.29 is 19.1 Å². The number of imidazole rings is 1. The molecule has 6 nitrogen and oxygen atoms in total. The summed E-state index contributed by atoms with van der Waals surface area (Å²) in [7, 11) is 0. The van der Waals surface area contributed by atoms with E-state index >= 15 is 0 Å². The number of aromatic amines is 1. The molecule has 1 unspecified atom stereocenters. The van der Waals surface area contributed by atoms with E-state index in [-0.39, 0.29) is 24.1 Å². The number of rotatable bonds is 3. The van der Waals surface area contributed by atoms with E-state index in [9.17, 15) is 9.18 Å². The van der Waals surface area contributed by atoms with Gasteiger partial charge in [0.1, 0.15) is 11.6 Å². The third-order valence-corrected chi connectivity index (χ3v) is 5.23. The molecule has 0 spiro atoms. The number of carbonyl (C=O) groups is 2. The minimum atomic E-state index is -0.250. The molecule has 2 aromatic carbocycles. The third kappa shape index (κ3) is 4.74. The number of H-pyrrole nitrogens is 1. The molecule has 1 aliphatic rings. The summed E-state index contributed by atoms with van der Waals surface area (Å²) in [6.07, 6.45) is 0.904. The number of carboxylic acid groups (broad SMARTS) is 1. The Labute approximate surface area is 174 Å². The van der Waals surface area contributed by atoms with Crippen LogP contribution in [0, 0.1) is 19.7 Å². The molecule has 2 heterocycles. The van der Waals surface area contributed by atoms with Crippen molar-refractivity contribution in [2.24, 2.45) is 0 Å². The summed E-state index contributed by atoms with van der Waals surface area (Å²) in [5.74, 6) is 0.961. The van der Waals surface area contributed by atoms with Crippen molar-refractivity contribution in [2.45, 2.75) is 26.2 Å². The van der Waals surface area contributed by atoms with Gasteiger partial charge in [0.15, 0.2) is 0 Å². The number of halogens is 1. The highest BCUT2D eigenvalue weighted by atomic mass is 19.1. The van der Waals surface area contributed by atoms with E-state index in [2.05, 4.69) is 9.97 Å². The summed E-state index contributed by atoms with van der Waals surface area (Å²) in [5.41, 5.74) is 4.71. The van der Waals surface area contributed by atoms with Crippen LogP contribution in [0.15, 0.2) is 48.5 Å². The Kier molecular flexibility index (Phi) is 6.61. The third-order valence-electron chi connectivity index (χ3n) is 5.23. The molecule has 2 N–H and O–H groups in total. The van der Waals surface area contributed by atoms with E-state index in [1.807, 2.05) is 55.1 Å². The van der Waals surface area contributed by atoms with Crippen LogP contribution in [0.2, 0.25) is 0 Å². The van der Waals surface area contributed by atoms with Gasteiger partial charge < -0.3 is 15.0 Å². The summed E-state index contributed by atoms with van der Waals surface area (Å²) in [4.78, 5) is 30.8. The highest BCUT2D eigenvalue weighted by Gasteiger charge is 2.28. The fourth-order valence-corrected chi connectivity index (χ4v) is 3.80. The van der Waals surface area contributed by atoms with Crippen molar-refractivity contribution in [3.05, 3.63) is 77.0 Å². The first kappa shape index (κ1) is 21.2. The molecule has 1 aromatic heterocycles. The number of benzene rings is 2. The van der Waals surface area contributed by atoms with E-state index in [1.54, 1.807) is 0 Å². The van der Waals surface area contributed by atoms with E-state index in [1.165, 1.54) is 12.1 Å². The number of aryl methyl sites for hydroxylation is 2. The van der Waals surface area contributed by atoms with Crippen LogP contribution in [0.5, 0.6) is 0 Å². The molecule has 1 atom stereocenters. The van der Waals surface area contributed by atoms with Crippen molar-refractivity contribution in [1.82, 2.24) is 14.9 Å². The number of hydrogen-bond acceptors (Lipinski definition) is 3. The summed E-state index contributed by atoms with van der Waals surface area (Å²) in [6.45, 7) is 5.07. The van der Waals surface area contributed by atoms with Gasteiger partial charge in [-0.1, -0.05) is 24.3 Å². The van der Waals surface area contributed by atoms with Crippen molar-refractivity contribution in [3.63, 3.8) is 0 Å². The van der Waals surface area contributed by atoms with Gasteiger partial charge in [-0.2, -0.15) is 0 Å². The Morgan fingerprint density at radius 2 is 1.80 bits per heavy atom. The minimum Gasteiger partial charge on any atom is -0.483 e. The molecule has 7 heteroatoms. The van der Waals surface area contributed by atoms with Gasteiger partial charge in [0.05, 0.1) is 5.69 Å². The first-order valence-corrected chi connectivity index (χ1v) is 9.69. The molecule has 4 rings (SSSR count). The summed E-state index contributed by atoms with van der Waals surface area (Å²) in [5, 5.41) is 6.89. The summed E-state index contributed by atoms with van der Waals surface area (Å²) < 4.78 is 13.1. The Morgan fingerprint density at radius 3 is 2.37 bits per heavy atom. The topological polar surface area (TPSA) is 86.3 Å². The average molecular weight is 409 g/mol. The molecule has 1 saturated heterocycles. The van der Waals surface area contributed by atoms with Crippen molar-refractivity contribution in [1.29, 1.82) is 0 Å². The Morgan fingerprint density at radius 1 is 1.17 bits per heavy atom. The molecular weight excluding hydrogens is 385 g/mol. The zero-order valence-corrected chi connectivity index (χ0v) is 16.9. The zero-order valence-electron chi connectivity index (χ0n) is 16.9. The van der Waals surface area contributed by atoms with Gasteiger partial charge in [-0.25, -0.2) is 9.37 Å². The molecule has 156 valence electrons. The van der Waals surface area contributed by atoms with Gasteiger partial charge in [0.25, 0.3) is 12.4 Å². The van der Waals surface area contributed by atoms with Gasteiger partial charge in [-0.3, -0.25) is 9.59 Å². The van der Waals surface area contributed by atoms with E-state index in [0.29, 0.717) is 12.1 Å². The maximum Gasteiger partial charge on any atom is 0.290 e. The number of nitrogens with zero attached hydrogens (tertiary/aromatic N) is 2. The molecule has 0 aliphatic carbocycles. The number of aromatic nitrogens is 2. The number of amides is 1. The van der Waals surface area contributed by atoms with Gasteiger partial charge >= 0.3 is 0 Å². The SMILES string of the molecule is Cc1nc(-c2ccc(C(=O)N3CCC(c4ccc(F)cc4)C3)cc2)c(C)[nH]1.O=CO. The number of likely N-dealkylation sites (tertiary alicyclic amines) is 1. The monoisotopic (exact) mass is 409 g/mol. The highest BCUT2D eigenvalue weighted by Crippen LogP contribution is 2.29. The van der Waals surface area contributed by atoms with Crippen LogP contribution in [0.3, 0.4) is 0 Å². The minimum absolute atomic E-state index is 0.0427.